The van der Waals surface area contributed by atoms with Gasteiger partial charge < -0.3 is 4.74 Å². The molecule has 0 saturated carbocycles. The minimum atomic E-state index is 0.328. The topological polar surface area (TPSA) is 9.23 Å². The Labute approximate surface area is 125 Å². The summed E-state index contributed by atoms with van der Waals surface area (Å²) in [5, 5.41) is 3.13. The van der Waals surface area contributed by atoms with Crippen LogP contribution in [0.5, 0.6) is 5.75 Å². The summed E-state index contributed by atoms with van der Waals surface area (Å²) in [6, 6.07) is 7.56. The molecule has 0 saturated heterocycles. The molecule has 0 radical (unpaired) electrons. The standard InChI is InChI=1S/C13H11Cl3OS/c14-8-9-6-10(15)7-12(16)13(9)17-4-3-11-2-1-5-18-11/h1-2,5-7H,3-4,8H2. The molecule has 0 unspecified atom stereocenters. The Morgan fingerprint density at radius 2 is 2.06 bits per heavy atom. The van der Waals surface area contributed by atoms with Crippen molar-refractivity contribution >= 4 is 46.1 Å². The summed E-state index contributed by atoms with van der Waals surface area (Å²) in [6.45, 7) is 0.575. The third-order valence-electron chi connectivity index (χ3n) is 2.40. The van der Waals surface area contributed by atoms with Crippen LogP contribution in [0, 0.1) is 0 Å². The molecule has 1 aromatic carbocycles. The molecule has 0 atom stereocenters. The van der Waals surface area contributed by atoms with Crippen LogP contribution in [0.15, 0.2) is 29.6 Å². The Kier molecular flexibility index (Phi) is 5.19. The van der Waals surface area contributed by atoms with Crippen molar-refractivity contribution in [2.24, 2.45) is 0 Å². The van der Waals surface area contributed by atoms with E-state index < -0.39 is 0 Å². The van der Waals surface area contributed by atoms with Crippen molar-refractivity contribution in [1.29, 1.82) is 0 Å². The van der Waals surface area contributed by atoms with Gasteiger partial charge in [-0.25, -0.2) is 0 Å². The van der Waals surface area contributed by atoms with Crippen LogP contribution in [0.2, 0.25) is 10.0 Å². The van der Waals surface area contributed by atoms with Crippen LogP contribution in [0.4, 0.5) is 0 Å². The van der Waals surface area contributed by atoms with Crippen molar-refractivity contribution in [1.82, 2.24) is 0 Å². The van der Waals surface area contributed by atoms with E-state index in [1.807, 2.05) is 6.07 Å². The van der Waals surface area contributed by atoms with Gasteiger partial charge in [0.15, 0.2) is 0 Å². The fourth-order valence-corrected chi connectivity index (χ4v) is 3.06. The molecule has 5 heteroatoms. The number of rotatable bonds is 5. The molecule has 1 heterocycles. The number of benzene rings is 1. The van der Waals surface area contributed by atoms with Crippen LogP contribution in [0.25, 0.3) is 0 Å². The zero-order chi connectivity index (χ0) is 13.0. The average molecular weight is 322 g/mol. The highest BCUT2D eigenvalue weighted by Crippen LogP contribution is 2.33. The summed E-state index contributed by atoms with van der Waals surface area (Å²) in [5.41, 5.74) is 0.820. The first kappa shape index (κ1) is 14.0. The first-order valence-corrected chi connectivity index (χ1v) is 7.57. The SMILES string of the molecule is ClCc1cc(Cl)cc(Cl)c1OCCc1cccs1. The predicted molar refractivity (Wildman–Crippen MR) is 79.5 cm³/mol. The number of hydrogen-bond donors (Lipinski definition) is 0. The lowest BCUT2D eigenvalue weighted by molar-refractivity contribution is 0.320. The monoisotopic (exact) mass is 320 g/mol. The lowest BCUT2D eigenvalue weighted by Crippen LogP contribution is -2.02. The minimum absolute atomic E-state index is 0.328. The molecule has 96 valence electrons. The Morgan fingerprint density at radius 3 is 2.72 bits per heavy atom. The molecule has 0 aliphatic heterocycles. The molecular formula is C13H11Cl3OS. The average Bonchev–Trinajstić information content (AvgIpc) is 2.84. The highest BCUT2D eigenvalue weighted by molar-refractivity contribution is 7.09. The zero-order valence-corrected chi connectivity index (χ0v) is 12.5. The lowest BCUT2D eigenvalue weighted by atomic mass is 10.2. The number of hydrogen-bond acceptors (Lipinski definition) is 2. The molecule has 0 spiro atoms. The normalized spacial score (nSPS) is 10.6. The van der Waals surface area contributed by atoms with Crippen molar-refractivity contribution in [2.45, 2.75) is 12.3 Å². The first-order valence-electron chi connectivity index (χ1n) is 5.40. The Balaban J connectivity index is 2.04. The molecule has 1 aromatic heterocycles. The second-order valence-electron chi connectivity index (χ2n) is 3.69. The number of thiophene rings is 1. The molecule has 0 aliphatic rings. The number of ether oxygens (including phenoxy) is 1. The van der Waals surface area contributed by atoms with Crippen molar-refractivity contribution < 1.29 is 4.74 Å². The van der Waals surface area contributed by atoms with E-state index in [0.29, 0.717) is 28.3 Å². The molecule has 0 fully saturated rings. The Hall–Kier alpha value is -0.410. The maximum atomic E-state index is 6.11. The van der Waals surface area contributed by atoms with Crippen LogP contribution >= 0.6 is 46.1 Å². The minimum Gasteiger partial charge on any atom is -0.491 e. The smallest absolute Gasteiger partial charge is 0.142 e. The van der Waals surface area contributed by atoms with Gasteiger partial charge in [0, 0.05) is 21.9 Å². The van der Waals surface area contributed by atoms with E-state index >= 15 is 0 Å². The highest BCUT2D eigenvalue weighted by atomic mass is 35.5. The number of alkyl halides is 1. The third kappa shape index (κ3) is 3.55. The second-order valence-corrected chi connectivity index (χ2v) is 5.83. The van der Waals surface area contributed by atoms with Crippen molar-refractivity contribution in [3.05, 3.63) is 50.1 Å². The van der Waals surface area contributed by atoms with Crippen LogP contribution in [0.1, 0.15) is 10.4 Å². The third-order valence-corrected chi connectivity index (χ3v) is 4.13. The van der Waals surface area contributed by atoms with Crippen molar-refractivity contribution in [3.8, 4) is 5.75 Å². The van der Waals surface area contributed by atoms with E-state index in [2.05, 4.69) is 11.4 Å². The largest absolute Gasteiger partial charge is 0.491 e. The Morgan fingerprint density at radius 1 is 1.22 bits per heavy atom. The van der Waals surface area contributed by atoms with Gasteiger partial charge in [0.05, 0.1) is 17.5 Å². The zero-order valence-electron chi connectivity index (χ0n) is 9.46. The Bertz CT molecular complexity index is 511. The fraction of sp³-hybridized carbons (Fsp3) is 0.231. The van der Waals surface area contributed by atoms with Gasteiger partial charge in [0.2, 0.25) is 0 Å². The van der Waals surface area contributed by atoms with E-state index in [9.17, 15) is 0 Å². The van der Waals surface area contributed by atoms with Gasteiger partial charge in [-0.15, -0.1) is 22.9 Å². The summed E-state index contributed by atoms with van der Waals surface area (Å²) in [6.07, 6.45) is 0.859. The van der Waals surface area contributed by atoms with Gasteiger partial charge in [-0.3, -0.25) is 0 Å². The first-order chi connectivity index (χ1) is 8.70. The molecule has 2 aromatic rings. The molecule has 0 aliphatic carbocycles. The van der Waals surface area contributed by atoms with E-state index in [4.69, 9.17) is 39.5 Å². The molecular weight excluding hydrogens is 311 g/mol. The van der Waals surface area contributed by atoms with Gasteiger partial charge in [-0.2, -0.15) is 0 Å². The number of halogens is 3. The van der Waals surface area contributed by atoms with E-state index in [0.717, 1.165) is 12.0 Å². The van der Waals surface area contributed by atoms with Gasteiger partial charge in [-0.05, 0) is 23.6 Å². The molecule has 1 nitrogen and oxygen atoms in total. The maximum Gasteiger partial charge on any atom is 0.142 e. The summed E-state index contributed by atoms with van der Waals surface area (Å²) >= 11 is 19.6. The van der Waals surface area contributed by atoms with E-state index in [1.54, 1.807) is 23.5 Å². The van der Waals surface area contributed by atoms with Crippen LogP contribution < -0.4 is 4.74 Å². The highest BCUT2D eigenvalue weighted by Gasteiger charge is 2.10. The van der Waals surface area contributed by atoms with Crippen molar-refractivity contribution in [2.75, 3.05) is 6.61 Å². The fourth-order valence-electron chi connectivity index (χ4n) is 1.58. The quantitative estimate of drug-likeness (QED) is 0.669. The molecule has 0 N–H and O–H groups in total. The van der Waals surface area contributed by atoms with Gasteiger partial charge in [-0.1, -0.05) is 29.3 Å². The van der Waals surface area contributed by atoms with Crippen LogP contribution in [-0.2, 0) is 12.3 Å². The second kappa shape index (κ2) is 6.67. The van der Waals surface area contributed by atoms with E-state index in [1.165, 1.54) is 4.88 Å². The summed E-state index contributed by atoms with van der Waals surface area (Å²) in [4.78, 5) is 1.28. The molecule has 2 rings (SSSR count). The summed E-state index contributed by atoms with van der Waals surface area (Å²) in [7, 11) is 0. The summed E-state index contributed by atoms with van der Waals surface area (Å²) < 4.78 is 5.72. The van der Waals surface area contributed by atoms with Gasteiger partial charge in [0.1, 0.15) is 5.75 Å². The molecule has 0 bridgehead atoms. The van der Waals surface area contributed by atoms with Crippen molar-refractivity contribution in [3.63, 3.8) is 0 Å². The maximum absolute atomic E-state index is 6.11. The van der Waals surface area contributed by atoms with Crippen LogP contribution in [-0.4, -0.2) is 6.61 Å². The lowest BCUT2D eigenvalue weighted by Gasteiger charge is -2.12. The molecule has 18 heavy (non-hydrogen) atoms. The molecule has 0 amide bonds. The van der Waals surface area contributed by atoms with Gasteiger partial charge >= 0.3 is 0 Å². The van der Waals surface area contributed by atoms with Gasteiger partial charge in [0.25, 0.3) is 0 Å². The van der Waals surface area contributed by atoms with Crippen LogP contribution in [0.3, 0.4) is 0 Å². The summed E-state index contributed by atoms with van der Waals surface area (Å²) in [5.74, 6) is 0.960. The predicted octanol–water partition coefficient (Wildman–Crippen LogP) is 5.42. The van der Waals surface area contributed by atoms with E-state index in [-0.39, 0.29) is 0 Å².